The van der Waals surface area contributed by atoms with Crippen LogP contribution in [-0.2, 0) is 41.8 Å². The van der Waals surface area contributed by atoms with Crippen LogP contribution in [0.15, 0.2) is 82.6 Å². The molecule has 2 fully saturated rings. The van der Waals surface area contributed by atoms with E-state index < -0.39 is 35.8 Å². The number of benzene rings is 4. The van der Waals surface area contributed by atoms with Gasteiger partial charge in [-0.05, 0) is 109 Å². The fourth-order valence-electron chi connectivity index (χ4n) is 8.24. The van der Waals surface area contributed by atoms with Gasteiger partial charge in [-0.25, -0.2) is 9.59 Å². The fourth-order valence-corrected chi connectivity index (χ4v) is 9.93. The third-order valence-corrected chi connectivity index (χ3v) is 13.5. The number of halogens is 2. The van der Waals surface area contributed by atoms with E-state index in [-0.39, 0.29) is 0 Å². The molecule has 0 radical (unpaired) electrons. The minimum Gasteiger partial charge on any atom is -0.480 e. The van der Waals surface area contributed by atoms with Crippen LogP contribution in [0, 0.1) is 0 Å². The van der Waals surface area contributed by atoms with E-state index in [1.807, 2.05) is 60.7 Å². The van der Waals surface area contributed by atoms with E-state index in [2.05, 4.69) is 0 Å². The monoisotopic (exact) mass is 884 g/mol. The molecule has 0 aliphatic carbocycles. The predicted octanol–water partition coefficient (Wildman–Crippen LogP) is 9.17. The van der Waals surface area contributed by atoms with Crippen molar-refractivity contribution in [3.05, 3.63) is 105 Å². The van der Waals surface area contributed by atoms with Gasteiger partial charge in [0.1, 0.15) is 12.1 Å². The molecule has 12 nitrogen and oxygen atoms in total. The highest BCUT2D eigenvalue weighted by molar-refractivity contribution is 7.99. The lowest BCUT2D eigenvalue weighted by Gasteiger charge is -2.32. The Balaban J connectivity index is 1.17. The van der Waals surface area contributed by atoms with Gasteiger partial charge in [-0.2, -0.15) is 9.78 Å². The SMILES string of the molecule is O=C(O)C1CCCCN1C(=O)/C=C/c1ccc(Sc2ccc(/C=C/C(=O)N3CCCCC3C(=O)O)c(-c3ccc4c(c3)CCOO4)c2Cl)c(Cl)c1-c1ccc2c(c1)CCOO2. The van der Waals surface area contributed by atoms with Gasteiger partial charge in [0.2, 0.25) is 11.8 Å². The average molecular weight is 886 g/mol. The first-order chi connectivity index (χ1) is 29.6. The van der Waals surface area contributed by atoms with Crippen LogP contribution in [0.1, 0.15) is 60.8 Å². The third kappa shape index (κ3) is 9.17. The minimum atomic E-state index is -1.02. The van der Waals surface area contributed by atoms with Gasteiger partial charge < -0.3 is 29.8 Å². The first-order valence-corrected chi connectivity index (χ1v) is 21.8. The maximum atomic E-state index is 13.4. The van der Waals surface area contributed by atoms with Crippen molar-refractivity contribution >= 4 is 70.9 Å². The zero-order valence-corrected chi connectivity index (χ0v) is 35.3. The lowest BCUT2D eigenvalue weighted by Crippen LogP contribution is -2.47. The van der Waals surface area contributed by atoms with Crippen LogP contribution in [0.5, 0.6) is 11.5 Å². The molecule has 15 heteroatoms. The zero-order valence-electron chi connectivity index (χ0n) is 32.9. The molecule has 2 atom stereocenters. The van der Waals surface area contributed by atoms with Gasteiger partial charge in [-0.3, -0.25) is 9.59 Å². The predicted molar refractivity (Wildman–Crippen MR) is 231 cm³/mol. The molecule has 2 saturated heterocycles. The van der Waals surface area contributed by atoms with E-state index in [0.717, 1.165) is 47.9 Å². The molecule has 8 rings (SSSR count). The molecule has 0 spiro atoms. The number of carbonyl (C=O) groups excluding carboxylic acids is 2. The van der Waals surface area contributed by atoms with Crippen molar-refractivity contribution in [3.63, 3.8) is 0 Å². The molecule has 4 aromatic rings. The van der Waals surface area contributed by atoms with Crippen molar-refractivity contribution < 1.29 is 48.9 Å². The van der Waals surface area contributed by atoms with E-state index in [9.17, 15) is 29.4 Å². The van der Waals surface area contributed by atoms with Crippen molar-refractivity contribution in [2.45, 2.75) is 73.2 Å². The number of hydrogen-bond donors (Lipinski definition) is 2. The summed E-state index contributed by atoms with van der Waals surface area (Å²) in [5.74, 6) is -1.62. The molecule has 2 N–H and O–H groups in total. The smallest absolute Gasteiger partial charge is 0.326 e. The highest BCUT2D eigenvalue weighted by atomic mass is 35.5. The number of rotatable bonds is 10. The molecule has 61 heavy (non-hydrogen) atoms. The van der Waals surface area contributed by atoms with Crippen molar-refractivity contribution in [2.75, 3.05) is 26.3 Å². The van der Waals surface area contributed by atoms with Gasteiger partial charge in [0.25, 0.3) is 0 Å². The van der Waals surface area contributed by atoms with Crippen molar-refractivity contribution in [3.8, 4) is 33.8 Å². The van der Waals surface area contributed by atoms with Crippen LogP contribution in [0.4, 0.5) is 0 Å². The number of nitrogens with zero attached hydrogens (tertiary/aromatic N) is 2. The van der Waals surface area contributed by atoms with Crippen molar-refractivity contribution in [2.24, 2.45) is 0 Å². The summed E-state index contributed by atoms with van der Waals surface area (Å²) in [6.45, 7) is 1.49. The molecule has 2 amide bonds. The quantitative estimate of drug-likeness (QED) is 0.116. The summed E-state index contributed by atoms with van der Waals surface area (Å²) in [6, 6.07) is 17.0. The summed E-state index contributed by atoms with van der Waals surface area (Å²) < 4.78 is 0. The maximum absolute atomic E-state index is 13.4. The molecule has 4 heterocycles. The van der Waals surface area contributed by atoms with Gasteiger partial charge in [0, 0.05) is 70.1 Å². The molecule has 0 saturated carbocycles. The van der Waals surface area contributed by atoms with Gasteiger partial charge in [-0.15, -0.1) is 0 Å². The van der Waals surface area contributed by atoms with Crippen molar-refractivity contribution in [1.29, 1.82) is 0 Å². The Kier molecular flexibility index (Phi) is 13.0. The van der Waals surface area contributed by atoms with Crippen LogP contribution in [0.25, 0.3) is 34.4 Å². The largest absolute Gasteiger partial charge is 0.480 e. The van der Waals surface area contributed by atoms with Gasteiger partial charge in [0.15, 0.2) is 11.5 Å². The van der Waals surface area contributed by atoms with E-state index in [1.165, 1.54) is 33.7 Å². The van der Waals surface area contributed by atoms with Crippen LogP contribution in [0.3, 0.4) is 0 Å². The van der Waals surface area contributed by atoms with E-state index >= 15 is 0 Å². The summed E-state index contributed by atoms with van der Waals surface area (Å²) in [5, 5.41) is 20.4. The van der Waals surface area contributed by atoms with Gasteiger partial charge in [-0.1, -0.05) is 59.2 Å². The second kappa shape index (κ2) is 18.8. The number of carbonyl (C=O) groups is 4. The molecule has 4 aromatic carbocycles. The topological polar surface area (TPSA) is 152 Å². The molecule has 4 aliphatic heterocycles. The standard InChI is InChI=1S/C46H42Cl2N2O10S/c47-43-37(15-9-27(11-17-39(51)49-21-3-1-5-33(49)45(53)54)41(43)31-7-13-35-29(25-31)19-23-57-59-35)61-38-16-10-28(12-18-40(52)50-22-4-2-6-34(50)46(55)56)42(44(38)48)32-8-14-36-30(26-32)20-24-58-60-36/h7-18,25-26,33-34H,1-6,19-24H2,(H,53,54)(H,55,56)/b17-11+,18-12+. The Hall–Kier alpha value is -5.31. The minimum absolute atomic E-state index is 0.362. The number of carboxylic acid groups (broad SMARTS) is 2. The molecular formula is C46H42Cl2N2O10S. The third-order valence-electron chi connectivity index (χ3n) is 11.4. The molecule has 316 valence electrons. The Bertz CT molecular complexity index is 2290. The van der Waals surface area contributed by atoms with Crippen LogP contribution >= 0.6 is 35.0 Å². The molecule has 2 unspecified atom stereocenters. The van der Waals surface area contributed by atoms with Crippen molar-refractivity contribution in [1.82, 2.24) is 9.80 Å². The highest BCUT2D eigenvalue weighted by Gasteiger charge is 2.32. The summed E-state index contributed by atoms with van der Waals surface area (Å²) in [5.41, 5.74) is 6.02. The Morgan fingerprint density at radius 3 is 1.49 bits per heavy atom. The second-order valence-corrected chi connectivity index (χ2v) is 17.0. The first kappa shape index (κ1) is 42.4. The summed E-state index contributed by atoms with van der Waals surface area (Å²) in [4.78, 5) is 76.2. The Labute approximate surface area is 366 Å². The average Bonchev–Trinajstić information content (AvgIpc) is 3.28. The molecule has 0 aromatic heterocycles. The number of aliphatic carboxylic acids is 2. The molecular weight excluding hydrogens is 843 g/mol. The lowest BCUT2D eigenvalue weighted by atomic mass is 9.96. The number of fused-ring (bicyclic) bond motifs is 2. The zero-order chi connectivity index (χ0) is 42.6. The lowest BCUT2D eigenvalue weighted by molar-refractivity contribution is -0.215. The highest BCUT2D eigenvalue weighted by Crippen LogP contribution is 2.47. The number of piperidine rings is 2. The summed E-state index contributed by atoms with van der Waals surface area (Å²) in [6.07, 6.45) is 11.1. The number of carboxylic acids is 2. The Morgan fingerprint density at radius 1 is 0.623 bits per heavy atom. The maximum Gasteiger partial charge on any atom is 0.326 e. The molecule has 0 bridgehead atoms. The normalized spacial score (nSPS) is 18.9. The number of hydrogen-bond acceptors (Lipinski definition) is 9. The summed E-state index contributed by atoms with van der Waals surface area (Å²) >= 11 is 16.1. The Morgan fingerprint density at radius 2 is 1.07 bits per heavy atom. The summed E-state index contributed by atoms with van der Waals surface area (Å²) in [7, 11) is 0. The van der Waals surface area contributed by atoms with E-state index in [0.29, 0.717) is 106 Å². The van der Waals surface area contributed by atoms with E-state index in [1.54, 1.807) is 12.2 Å². The van der Waals surface area contributed by atoms with E-state index in [4.69, 9.17) is 42.8 Å². The molecule has 4 aliphatic rings. The van der Waals surface area contributed by atoms with Crippen LogP contribution in [0.2, 0.25) is 10.0 Å². The fraction of sp³-hybridized carbons (Fsp3) is 0.304. The van der Waals surface area contributed by atoms with Crippen LogP contribution < -0.4 is 9.78 Å². The number of likely N-dealkylation sites (tertiary alicyclic amines) is 2. The number of amides is 2. The van der Waals surface area contributed by atoms with Crippen LogP contribution in [-0.4, -0.2) is 82.2 Å². The second-order valence-electron chi connectivity index (χ2n) is 15.2. The first-order valence-electron chi connectivity index (χ1n) is 20.2. The van der Waals surface area contributed by atoms with Gasteiger partial charge >= 0.3 is 11.9 Å². The van der Waals surface area contributed by atoms with Gasteiger partial charge in [0.05, 0.1) is 23.3 Å².